The molecule has 0 aliphatic carbocycles. The third-order valence-electron chi connectivity index (χ3n) is 4.13. The van der Waals surface area contributed by atoms with Gasteiger partial charge in [0.05, 0.1) is 0 Å². The maximum atomic E-state index is 12.1. The summed E-state index contributed by atoms with van der Waals surface area (Å²) in [5.74, 6) is 0.164. The highest BCUT2D eigenvalue weighted by atomic mass is 32.1. The molecule has 1 atom stereocenters. The molecule has 0 unspecified atom stereocenters. The highest BCUT2D eigenvalue weighted by Crippen LogP contribution is 2.14. The van der Waals surface area contributed by atoms with Crippen LogP contribution in [0.1, 0.15) is 43.9 Å². The molecule has 122 valence electrons. The maximum absolute atomic E-state index is 12.1. The molecule has 0 radical (unpaired) electrons. The molecule has 4 nitrogen and oxygen atoms in total. The first-order valence-electron chi connectivity index (χ1n) is 8.24. The number of hydrogen-bond donors (Lipinski definition) is 1. The van der Waals surface area contributed by atoms with Gasteiger partial charge in [0.2, 0.25) is 11.8 Å². The molecule has 2 heterocycles. The fourth-order valence-corrected chi connectivity index (χ4v) is 3.60. The second-order valence-corrected chi connectivity index (χ2v) is 7.05. The van der Waals surface area contributed by atoms with Crippen molar-refractivity contribution in [2.24, 2.45) is 5.92 Å². The van der Waals surface area contributed by atoms with Gasteiger partial charge in [-0.25, -0.2) is 0 Å². The summed E-state index contributed by atoms with van der Waals surface area (Å²) < 4.78 is 0. The average molecular weight is 322 g/mol. The third kappa shape index (κ3) is 5.44. The summed E-state index contributed by atoms with van der Waals surface area (Å²) in [5.41, 5.74) is 0. The lowest BCUT2D eigenvalue weighted by molar-refractivity contribution is -0.131. The van der Waals surface area contributed by atoms with Crippen molar-refractivity contribution < 1.29 is 9.59 Å². The van der Waals surface area contributed by atoms with Crippen molar-refractivity contribution >= 4 is 23.2 Å². The number of amides is 2. The van der Waals surface area contributed by atoms with Gasteiger partial charge in [-0.05, 0) is 30.7 Å². The Morgan fingerprint density at radius 2 is 2.00 bits per heavy atom. The summed E-state index contributed by atoms with van der Waals surface area (Å²) in [7, 11) is 0. The normalized spacial score (nSPS) is 16.9. The Bertz CT molecular complexity index is 465. The lowest BCUT2D eigenvalue weighted by Gasteiger charge is -2.20. The van der Waals surface area contributed by atoms with Crippen molar-refractivity contribution in [1.82, 2.24) is 10.2 Å². The van der Waals surface area contributed by atoms with Crippen molar-refractivity contribution in [3.8, 4) is 0 Å². The molecule has 1 saturated heterocycles. The summed E-state index contributed by atoms with van der Waals surface area (Å²) in [5, 5.41) is 4.93. The monoisotopic (exact) mass is 322 g/mol. The van der Waals surface area contributed by atoms with E-state index < -0.39 is 0 Å². The summed E-state index contributed by atoms with van der Waals surface area (Å²) in [4.78, 5) is 27.4. The van der Waals surface area contributed by atoms with Crippen LogP contribution in [0.4, 0.5) is 0 Å². The minimum absolute atomic E-state index is 0.0390. The van der Waals surface area contributed by atoms with Crippen LogP contribution >= 0.6 is 11.3 Å². The first kappa shape index (κ1) is 17.0. The molecule has 0 spiro atoms. The van der Waals surface area contributed by atoms with Crippen LogP contribution < -0.4 is 5.32 Å². The predicted molar refractivity (Wildman–Crippen MR) is 89.9 cm³/mol. The van der Waals surface area contributed by atoms with Crippen molar-refractivity contribution in [3.05, 3.63) is 22.4 Å². The minimum atomic E-state index is -0.0491. The van der Waals surface area contributed by atoms with E-state index in [0.29, 0.717) is 13.0 Å². The summed E-state index contributed by atoms with van der Waals surface area (Å²) in [6.07, 6.45) is 5.84. The summed E-state index contributed by atoms with van der Waals surface area (Å²) in [6, 6.07) is 4.06. The zero-order valence-corrected chi connectivity index (χ0v) is 14.2. The van der Waals surface area contributed by atoms with E-state index in [1.54, 1.807) is 11.3 Å². The Morgan fingerprint density at radius 3 is 2.64 bits per heavy atom. The van der Waals surface area contributed by atoms with Gasteiger partial charge >= 0.3 is 0 Å². The Balaban J connectivity index is 1.66. The van der Waals surface area contributed by atoms with E-state index in [-0.39, 0.29) is 17.7 Å². The van der Waals surface area contributed by atoms with Crippen LogP contribution in [0.5, 0.6) is 0 Å². The van der Waals surface area contributed by atoms with Gasteiger partial charge in [0.15, 0.2) is 0 Å². The number of nitrogens with zero attached hydrogens (tertiary/aromatic N) is 1. The van der Waals surface area contributed by atoms with Crippen LogP contribution in [0.3, 0.4) is 0 Å². The summed E-state index contributed by atoms with van der Waals surface area (Å²) in [6.45, 7) is 4.14. The van der Waals surface area contributed by atoms with Crippen LogP contribution in [0.25, 0.3) is 0 Å². The Hall–Kier alpha value is -1.36. The molecule has 0 bridgehead atoms. The van der Waals surface area contributed by atoms with Gasteiger partial charge < -0.3 is 10.2 Å². The number of likely N-dealkylation sites (tertiary alicyclic amines) is 1. The molecular weight excluding hydrogens is 296 g/mol. The van der Waals surface area contributed by atoms with Gasteiger partial charge in [0.25, 0.3) is 0 Å². The van der Waals surface area contributed by atoms with E-state index in [1.165, 1.54) is 17.7 Å². The molecule has 5 heteroatoms. The van der Waals surface area contributed by atoms with Crippen LogP contribution in [-0.2, 0) is 16.0 Å². The molecule has 1 N–H and O–H groups in total. The van der Waals surface area contributed by atoms with Crippen LogP contribution in [0.2, 0.25) is 0 Å². The molecular formula is C17H26N2O2S. The molecule has 1 aromatic rings. The van der Waals surface area contributed by atoms with Gasteiger partial charge in [-0.2, -0.15) is 0 Å². The molecule has 22 heavy (non-hydrogen) atoms. The molecule has 2 rings (SSSR count). The van der Waals surface area contributed by atoms with Crippen LogP contribution in [-0.4, -0.2) is 36.3 Å². The van der Waals surface area contributed by atoms with Crippen LogP contribution in [0.15, 0.2) is 17.5 Å². The first-order valence-corrected chi connectivity index (χ1v) is 9.12. The molecule has 0 saturated carbocycles. The molecule has 0 aromatic carbocycles. The highest BCUT2D eigenvalue weighted by Gasteiger charge is 2.17. The van der Waals surface area contributed by atoms with Gasteiger partial charge in [0.1, 0.15) is 0 Å². The van der Waals surface area contributed by atoms with E-state index >= 15 is 0 Å². The highest BCUT2D eigenvalue weighted by molar-refractivity contribution is 7.09. The van der Waals surface area contributed by atoms with Gasteiger partial charge in [-0.15, -0.1) is 11.3 Å². The zero-order chi connectivity index (χ0) is 15.8. The second kappa shape index (κ2) is 8.93. The minimum Gasteiger partial charge on any atom is -0.355 e. The van der Waals surface area contributed by atoms with Crippen molar-refractivity contribution in [2.45, 2.75) is 45.4 Å². The predicted octanol–water partition coefficient (Wildman–Crippen LogP) is 2.84. The fourth-order valence-electron chi connectivity index (χ4n) is 2.77. The van der Waals surface area contributed by atoms with Crippen molar-refractivity contribution in [3.63, 3.8) is 0 Å². The summed E-state index contributed by atoms with van der Waals surface area (Å²) >= 11 is 1.68. The van der Waals surface area contributed by atoms with E-state index in [2.05, 4.69) is 11.4 Å². The Morgan fingerprint density at radius 1 is 1.27 bits per heavy atom. The maximum Gasteiger partial charge on any atom is 0.224 e. The molecule has 1 aliphatic rings. The quantitative estimate of drug-likeness (QED) is 0.875. The largest absolute Gasteiger partial charge is 0.355 e. The number of nitrogens with one attached hydrogen (secondary N) is 1. The number of carbonyl (C=O) groups is 2. The fraction of sp³-hybridized carbons (Fsp3) is 0.647. The van der Waals surface area contributed by atoms with E-state index in [0.717, 1.165) is 32.4 Å². The van der Waals surface area contributed by atoms with E-state index in [4.69, 9.17) is 0 Å². The number of thiophene rings is 1. The number of rotatable bonds is 6. The van der Waals surface area contributed by atoms with Crippen molar-refractivity contribution in [2.75, 3.05) is 19.6 Å². The standard InChI is InChI=1S/C17H26N2O2S/c1-14(13-15-7-6-12-22-15)17(21)18-9-8-16(20)19-10-4-2-3-5-11-19/h6-7,12,14H,2-5,8-11,13H2,1H3,(H,18,21)/t14-/m0/s1. The lowest BCUT2D eigenvalue weighted by Crippen LogP contribution is -2.36. The Labute approximate surface area is 136 Å². The van der Waals surface area contributed by atoms with E-state index in [9.17, 15) is 9.59 Å². The topological polar surface area (TPSA) is 49.4 Å². The van der Waals surface area contributed by atoms with Gasteiger partial charge in [-0.3, -0.25) is 9.59 Å². The number of hydrogen-bond acceptors (Lipinski definition) is 3. The Kier molecular flexibility index (Phi) is 6.90. The smallest absolute Gasteiger partial charge is 0.224 e. The number of carbonyl (C=O) groups excluding carboxylic acids is 2. The lowest BCUT2D eigenvalue weighted by atomic mass is 10.1. The third-order valence-corrected chi connectivity index (χ3v) is 5.03. The van der Waals surface area contributed by atoms with Crippen molar-refractivity contribution in [1.29, 1.82) is 0 Å². The first-order chi connectivity index (χ1) is 10.7. The molecule has 2 amide bonds. The zero-order valence-electron chi connectivity index (χ0n) is 13.3. The molecule has 1 aliphatic heterocycles. The SMILES string of the molecule is C[C@@H](Cc1cccs1)C(=O)NCCC(=O)N1CCCCCC1. The molecule has 1 aromatic heterocycles. The molecule has 1 fully saturated rings. The van der Waals surface area contributed by atoms with Gasteiger partial charge in [0, 0.05) is 36.9 Å². The van der Waals surface area contributed by atoms with Gasteiger partial charge in [-0.1, -0.05) is 25.8 Å². The van der Waals surface area contributed by atoms with E-state index in [1.807, 2.05) is 23.3 Å². The second-order valence-electron chi connectivity index (χ2n) is 6.02. The van der Waals surface area contributed by atoms with Crippen LogP contribution in [0, 0.1) is 5.92 Å². The average Bonchev–Trinajstić information content (AvgIpc) is 2.86.